The van der Waals surface area contributed by atoms with Crippen LogP contribution in [0.15, 0.2) is 54.6 Å². The zero-order valence-electron chi connectivity index (χ0n) is 17.7. The van der Waals surface area contributed by atoms with Crippen molar-refractivity contribution in [1.82, 2.24) is 15.5 Å². The maximum absolute atomic E-state index is 12.8. The second-order valence-electron chi connectivity index (χ2n) is 7.51. The van der Waals surface area contributed by atoms with Crippen molar-refractivity contribution in [3.05, 3.63) is 60.2 Å². The monoisotopic (exact) mass is 425 g/mol. The quantitative estimate of drug-likeness (QED) is 0.449. The number of methoxy groups -OCH3 is 1. The van der Waals surface area contributed by atoms with Gasteiger partial charge in [0.1, 0.15) is 30.2 Å². The molecule has 164 valence electrons. The summed E-state index contributed by atoms with van der Waals surface area (Å²) in [6, 6.07) is 16.2. The van der Waals surface area contributed by atoms with Crippen LogP contribution in [-0.4, -0.2) is 55.1 Å². The second kappa shape index (κ2) is 9.97. The molecule has 2 aromatic rings. The highest BCUT2D eigenvalue weighted by Gasteiger charge is 2.47. The molecule has 0 aromatic heterocycles. The van der Waals surface area contributed by atoms with Gasteiger partial charge in [-0.3, -0.25) is 14.5 Å². The van der Waals surface area contributed by atoms with Crippen LogP contribution in [0.1, 0.15) is 18.9 Å². The van der Waals surface area contributed by atoms with Gasteiger partial charge in [0.25, 0.3) is 5.91 Å². The fourth-order valence-corrected chi connectivity index (χ4v) is 3.32. The van der Waals surface area contributed by atoms with Crippen molar-refractivity contribution in [3.63, 3.8) is 0 Å². The first-order chi connectivity index (χ1) is 14.9. The van der Waals surface area contributed by atoms with Gasteiger partial charge in [0.15, 0.2) is 0 Å². The number of urea groups is 1. The van der Waals surface area contributed by atoms with Crippen LogP contribution in [0.3, 0.4) is 0 Å². The largest absolute Gasteiger partial charge is 0.497 e. The van der Waals surface area contributed by atoms with E-state index in [2.05, 4.69) is 10.6 Å². The van der Waals surface area contributed by atoms with E-state index in [1.807, 2.05) is 54.6 Å². The number of hydrogen-bond donors (Lipinski definition) is 2. The van der Waals surface area contributed by atoms with E-state index in [0.29, 0.717) is 18.6 Å². The van der Waals surface area contributed by atoms with Gasteiger partial charge in [-0.1, -0.05) is 30.3 Å². The molecule has 1 aliphatic heterocycles. The second-order valence-corrected chi connectivity index (χ2v) is 7.51. The van der Waals surface area contributed by atoms with E-state index in [1.165, 1.54) is 0 Å². The van der Waals surface area contributed by atoms with Crippen LogP contribution in [0, 0.1) is 0 Å². The maximum atomic E-state index is 12.8. The molecule has 1 aliphatic rings. The first-order valence-electron chi connectivity index (χ1n) is 10.1. The third kappa shape index (κ3) is 5.75. The predicted molar refractivity (Wildman–Crippen MR) is 115 cm³/mol. The number of para-hydroxylation sites is 1. The summed E-state index contributed by atoms with van der Waals surface area (Å²) in [5.41, 5.74) is -0.0213. The molecule has 0 radical (unpaired) electrons. The van der Waals surface area contributed by atoms with E-state index < -0.39 is 23.4 Å². The molecule has 2 aromatic carbocycles. The fourth-order valence-electron chi connectivity index (χ4n) is 3.32. The summed E-state index contributed by atoms with van der Waals surface area (Å²) in [6.45, 7) is 1.91. The van der Waals surface area contributed by atoms with Crippen molar-refractivity contribution < 1.29 is 23.9 Å². The number of ether oxygens (including phenoxy) is 2. The molecule has 1 atom stereocenters. The maximum Gasteiger partial charge on any atom is 0.325 e. The number of rotatable bonds is 10. The van der Waals surface area contributed by atoms with Crippen molar-refractivity contribution >= 4 is 17.8 Å². The molecule has 31 heavy (non-hydrogen) atoms. The van der Waals surface area contributed by atoms with E-state index in [0.717, 1.165) is 16.2 Å². The van der Waals surface area contributed by atoms with Crippen LogP contribution < -0.4 is 20.1 Å². The number of imide groups is 1. The number of benzene rings is 2. The highest BCUT2D eigenvalue weighted by Crippen LogP contribution is 2.24. The Morgan fingerprint density at radius 3 is 2.45 bits per heavy atom. The number of aryl methyl sites for hydroxylation is 1. The highest BCUT2D eigenvalue weighted by atomic mass is 16.5. The lowest BCUT2D eigenvalue weighted by Crippen LogP contribution is -2.45. The Balaban J connectivity index is 1.46. The van der Waals surface area contributed by atoms with Gasteiger partial charge in [0, 0.05) is 0 Å². The summed E-state index contributed by atoms with van der Waals surface area (Å²) in [5, 5.41) is 5.39. The van der Waals surface area contributed by atoms with Gasteiger partial charge in [-0.05, 0) is 49.6 Å². The first-order valence-corrected chi connectivity index (χ1v) is 10.1. The van der Waals surface area contributed by atoms with E-state index in [1.54, 1.807) is 14.0 Å². The van der Waals surface area contributed by atoms with E-state index in [4.69, 9.17) is 9.47 Å². The van der Waals surface area contributed by atoms with Crippen LogP contribution in [0.25, 0.3) is 0 Å². The summed E-state index contributed by atoms with van der Waals surface area (Å²) >= 11 is 0. The molecular formula is C23H27N3O5. The highest BCUT2D eigenvalue weighted by molar-refractivity contribution is 6.08. The summed E-state index contributed by atoms with van der Waals surface area (Å²) in [7, 11) is 1.60. The number of carbonyl (C=O) groups excluding carboxylic acids is 3. The summed E-state index contributed by atoms with van der Waals surface area (Å²) in [6.07, 6.45) is 1.02. The summed E-state index contributed by atoms with van der Waals surface area (Å²) in [5.74, 6) is 0.645. The van der Waals surface area contributed by atoms with Gasteiger partial charge < -0.3 is 20.1 Å². The van der Waals surface area contributed by atoms with Crippen molar-refractivity contribution in [2.45, 2.75) is 25.3 Å². The van der Waals surface area contributed by atoms with Gasteiger partial charge in [-0.25, -0.2) is 4.79 Å². The standard InChI is InChI=1S/C23H27N3O5/c1-23(13-12-17-8-10-18(30-2)11-9-17)21(28)26(22(29)25-23)16-20(27)24-14-15-31-19-6-4-3-5-7-19/h3-11H,12-16H2,1-2H3,(H,24,27)(H,25,29)/t23-/m0/s1. The number of nitrogens with one attached hydrogen (secondary N) is 2. The molecule has 0 spiro atoms. The number of carbonyl (C=O) groups is 3. The molecule has 1 heterocycles. The first kappa shape index (κ1) is 22.1. The lowest BCUT2D eigenvalue weighted by Gasteiger charge is -2.21. The Hall–Kier alpha value is -3.55. The summed E-state index contributed by atoms with van der Waals surface area (Å²) in [4.78, 5) is 38.3. The fraction of sp³-hybridized carbons (Fsp3) is 0.348. The number of nitrogens with zero attached hydrogens (tertiary/aromatic N) is 1. The smallest absolute Gasteiger partial charge is 0.325 e. The van der Waals surface area contributed by atoms with Crippen molar-refractivity contribution in [2.75, 3.05) is 26.8 Å². The molecule has 0 saturated carbocycles. The molecule has 0 unspecified atom stereocenters. The minimum Gasteiger partial charge on any atom is -0.497 e. The number of amides is 4. The normalized spacial score (nSPS) is 17.9. The minimum atomic E-state index is -1.05. The molecule has 8 heteroatoms. The van der Waals surface area contributed by atoms with E-state index >= 15 is 0 Å². The Bertz CT molecular complexity index is 917. The molecule has 0 aliphatic carbocycles. The van der Waals surface area contributed by atoms with Crippen molar-refractivity contribution in [2.24, 2.45) is 0 Å². The Labute approximate surface area is 181 Å². The van der Waals surface area contributed by atoms with Crippen LogP contribution in [0.2, 0.25) is 0 Å². The molecule has 1 fully saturated rings. The zero-order chi connectivity index (χ0) is 22.3. The van der Waals surface area contributed by atoms with Crippen LogP contribution in [-0.2, 0) is 16.0 Å². The van der Waals surface area contributed by atoms with Crippen LogP contribution in [0.5, 0.6) is 11.5 Å². The van der Waals surface area contributed by atoms with Gasteiger partial charge in [0.2, 0.25) is 5.91 Å². The summed E-state index contributed by atoms with van der Waals surface area (Å²) < 4.78 is 10.7. The third-order valence-electron chi connectivity index (χ3n) is 5.16. The molecule has 0 bridgehead atoms. The third-order valence-corrected chi connectivity index (χ3v) is 5.16. The zero-order valence-corrected chi connectivity index (χ0v) is 17.7. The van der Waals surface area contributed by atoms with Crippen LogP contribution in [0.4, 0.5) is 4.79 Å². The lowest BCUT2D eigenvalue weighted by atomic mass is 9.93. The average molecular weight is 425 g/mol. The predicted octanol–water partition coefficient (Wildman–Crippen LogP) is 2.13. The molecule has 2 N–H and O–H groups in total. The number of hydrogen-bond acceptors (Lipinski definition) is 5. The SMILES string of the molecule is COc1ccc(CC[C@]2(C)NC(=O)N(CC(=O)NCCOc3ccccc3)C2=O)cc1. The molecule has 8 nitrogen and oxygen atoms in total. The average Bonchev–Trinajstić information content (AvgIpc) is 2.99. The van der Waals surface area contributed by atoms with Crippen molar-refractivity contribution in [3.8, 4) is 11.5 Å². The van der Waals surface area contributed by atoms with E-state index in [9.17, 15) is 14.4 Å². The molecule has 4 amide bonds. The molecular weight excluding hydrogens is 398 g/mol. The van der Waals surface area contributed by atoms with Crippen LogP contribution >= 0.6 is 0 Å². The Morgan fingerprint density at radius 2 is 1.77 bits per heavy atom. The minimum absolute atomic E-state index is 0.270. The van der Waals surface area contributed by atoms with Gasteiger partial charge >= 0.3 is 6.03 Å². The molecule has 3 rings (SSSR count). The molecule has 1 saturated heterocycles. The van der Waals surface area contributed by atoms with Crippen molar-refractivity contribution in [1.29, 1.82) is 0 Å². The lowest BCUT2D eigenvalue weighted by molar-refractivity contribution is -0.134. The van der Waals surface area contributed by atoms with Gasteiger partial charge in [-0.2, -0.15) is 0 Å². The Kier molecular flexibility index (Phi) is 7.12. The Morgan fingerprint density at radius 1 is 1.06 bits per heavy atom. The topological polar surface area (TPSA) is 97.0 Å². The van der Waals surface area contributed by atoms with Gasteiger partial charge in [-0.15, -0.1) is 0 Å². The van der Waals surface area contributed by atoms with E-state index in [-0.39, 0.29) is 19.7 Å². The van der Waals surface area contributed by atoms with Gasteiger partial charge in [0.05, 0.1) is 13.7 Å².